The van der Waals surface area contributed by atoms with Gasteiger partial charge < -0.3 is 5.73 Å². The zero-order chi connectivity index (χ0) is 11.7. The van der Waals surface area contributed by atoms with Crippen molar-refractivity contribution in [3.63, 3.8) is 0 Å². The summed E-state index contributed by atoms with van der Waals surface area (Å²) in [4.78, 5) is 2.68. The molecule has 1 aliphatic carbocycles. The molecule has 0 amide bonds. The maximum atomic E-state index is 5.94. The Labute approximate surface area is 104 Å². The number of hydrogen-bond acceptors (Lipinski definition) is 2. The van der Waals surface area contributed by atoms with Crippen molar-refractivity contribution in [3.05, 3.63) is 35.4 Å². The lowest BCUT2D eigenvalue weighted by molar-refractivity contribution is 0.0990. The van der Waals surface area contributed by atoms with Crippen molar-refractivity contribution in [1.82, 2.24) is 4.90 Å². The number of benzene rings is 1. The average molecular weight is 230 g/mol. The predicted molar refractivity (Wildman–Crippen MR) is 70.9 cm³/mol. The van der Waals surface area contributed by atoms with Crippen molar-refractivity contribution in [2.45, 2.75) is 44.2 Å². The summed E-state index contributed by atoms with van der Waals surface area (Å²) in [5, 5.41) is 0. The van der Waals surface area contributed by atoms with Gasteiger partial charge in [0.2, 0.25) is 0 Å². The Morgan fingerprint density at radius 3 is 2.94 bits per heavy atom. The van der Waals surface area contributed by atoms with Gasteiger partial charge in [-0.1, -0.05) is 30.7 Å². The van der Waals surface area contributed by atoms with Crippen LogP contribution in [0.1, 0.15) is 42.9 Å². The van der Waals surface area contributed by atoms with Crippen LogP contribution in [0.25, 0.3) is 0 Å². The summed E-state index contributed by atoms with van der Waals surface area (Å²) in [6.45, 7) is 2.06. The van der Waals surface area contributed by atoms with Crippen LogP contribution in [0.3, 0.4) is 0 Å². The lowest BCUT2D eigenvalue weighted by Gasteiger charge is -2.39. The highest BCUT2D eigenvalue weighted by Crippen LogP contribution is 2.38. The number of nitrogens with two attached hydrogens (primary N) is 1. The Hall–Kier alpha value is -0.860. The molecule has 2 aliphatic rings. The van der Waals surface area contributed by atoms with E-state index < -0.39 is 0 Å². The normalized spacial score (nSPS) is 29.2. The predicted octanol–water partition coefficient (Wildman–Crippen LogP) is 2.49. The summed E-state index contributed by atoms with van der Waals surface area (Å²) in [6, 6.07) is 10.2. The van der Waals surface area contributed by atoms with Crippen molar-refractivity contribution in [2.75, 3.05) is 13.1 Å². The molecule has 1 saturated heterocycles. The number of piperidine rings is 1. The maximum absolute atomic E-state index is 5.94. The van der Waals surface area contributed by atoms with Crippen molar-refractivity contribution in [2.24, 2.45) is 5.73 Å². The van der Waals surface area contributed by atoms with Gasteiger partial charge in [0.1, 0.15) is 0 Å². The molecule has 1 aromatic carbocycles. The van der Waals surface area contributed by atoms with Crippen molar-refractivity contribution >= 4 is 0 Å². The molecule has 2 unspecified atom stereocenters. The van der Waals surface area contributed by atoms with Crippen LogP contribution in [0.4, 0.5) is 0 Å². The highest BCUT2D eigenvalue weighted by molar-refractivity contribution is 5.34. The highest BCUT2D eigenvalue weighted by atomic mass is 15.2. The molecule has 0 radical (unpaired) electrons. The van der Waals surface area contributed by atoms with Crippen LogP contribution in [0.5, 0.6) is 0 Å². The number of likely N-dealkylation sites (tertiary alicyclic amines) is 1. The largest absolute Gasteiger partial charge is 0.329 e. The third kappa shape index (κ3) is 2.00. The molecule has 0 bridgehead atoms. The topological polar surface area (TPSA) is 29.3 Å². The third-order valence-corrected chi connectivity index (χ3v) is 4.45. The molecule has 2 nitrogen and oxygen atoms in total. The van der Waals surface area contributed by atoms with E-state index in [1.807, 2.05) is 0 Å². The molecular formula is C15H22N2. The van der Waals surface area contributed by atoms with Crippen LogP contribution in [-0.4, -0.2) is 24.0 Å². The van der Waals surface area contributed by atoms with E-state index in [1.54, 1.807) is 11.1 Å². The van der Waals surface area contributed by atoms with E-state index in [0.717, 1.165) is 6.54 Å². The first-order valence-electron chi connectivity index (χ1n) is 6.94. The summed E-state index contributed by atoms with van der Waals surface area (Å²) in [7, 11) is 0. The monoisotopic (exact) mass is 230 g/mol. The second-order valence-corrected chi connectivity index (χ2v) is 5.38. The molecular weight excluding hydrogens is 208 g/mol. The molecule has 0 spiro atoms. The molecule has 0 saturated carbocycles. The van der Waals surface area contributed by atoms with Crippen LogP contribution in [-0.2, 0) is 6.42 Å². The minimum atomic E-state index is 0.611. The van der Waals surface area contributed by atoms with Gasteiger partial charge in [-0.2, -0.15) is 0 Å². The third-order valence-electron chi connectivity index (χ3n) is 4.45. The Bertz CT molecular complexity index is 388. The van der Waals surface area contributed by atoms with Gasteiger partial charge in [0, 0.05) is 18.6 Å². The van der Waals surface area contributed by atoms with Gasteiger partial charge in [-0.3, -0.25) is 4.90 Å². The average Bonchev–Trinajstić information content (AvgIpc) is 2.82. The van der Waals surface area contributed by atoms with E-state index >= 15 is 0 Å². The van der Waals surface area contributed by atoms with Crippen LogP contribution in [0, 0.1) is 0 Å². The Morgan fingerprint density at radius 1 is 1.18 bits per heavy atom. The van der Waals surface area contributed by atoms with Gasteiger partial charge in [0.15, 0.2) is 0 Å². The molecule has 0 aromatic heterocycles. The quantitative estimate of drug-likeness (QED) is 0.845. The number of nitrogens with zero attached hydrogens (tertiary/aromatic N) is 1. The Balaban J connectivity index is 1.85. The molecule has 2 N–H and O–H groups in total. The second-order valence-electron chi connectivity index (χ2n) is 5.38. The van der Waals surface area contributed by atoms with E-state index in [-0.39, 0.29) is 0 Å². The zero-order valence-corrected chi connectivity index (χ0v) is 10.4. The molecule has 2 heteroatoms. The summed E-state index contributed by atoms with van der Waals surface area (Å²) in [5.41, 5.74) is 9.06. The van der Waals surface area contributed by atoms with E-state index in [4.69, 9.17) is 5.73 Å². The first-order valence-corrected chi connectivity index (χ1v) is 6.94. The number of fused-ring (bicyclic) bond motifs is 1. The molecule has 2 atom stereocenters. The van der Waals surface area contributed by atoms with E-state index in [1.165, 1.54) is 38.6 Å². The summed E-state index contributed by atoms with van der Waals surface area (Å²) < 4.78 is 0. The van der Waals surface area contributed by atoms with Crippen LogP contribution >= 0.6 is 0 Å². The van der Waals surface area contributed by atoms with Crippen molar-refractivity contribution in [3.8, 4) is 0 Å². The molecule has 1 heterocycles. The second kappa shape index (κ2) is 4.79. The molecule has 1 aliphatic heterocycles. The SMILES string of the molecule is NCC1CCCCN1C1CCc2ccccc21. The molecule has 1 fully saturated rings. The molecule has 17 heavy (non-hydrogen) atoms. The van der Waals surface area contributed by atoms with Gasteiger partial charge in [0.05, 0.1) is 0 Å². The highest BCUT2D eigenvalue weighted by Gasteiger charge is 2.32. The van der Waals surface area contributed by atoms with Gasteiger partial charge in [0.25, 0.3) is 0 Å². The standard InChI is InChI=1S/C15H22N2/c16-11-13-6-3-4-10-17(13)15-9-8-12-5-1-2-7-14(12)15/h1-2,5,7,13,15H,3-4,6,8-11,16H2. The number of rotatable bonds is 2. The summed E-state index contributed by atoms with van der Waals surface area (Å²) in [5.74, 6) is 0. The maximum Gasteiger partial charge on any atom is 0.0357 e. The van der Waals surface area contributed by atoms with Gasteiger partial charge >= 0.3 is 0 Å². The zero-order valence-electron chi connectivity index (χ0n) is 10.4. The molecule has 92 valence electrons. The fraction of sp³-hybridized carbons (Fsp3) is 0.600. The van der Waals surface area contributed by atoms with Gasteiger partial charge in [-0.15, -0.1) is 0 Å². The van der Waals surface area contributed by atoms with Crippen LogP contribution in [0.2, 0.25) is 0 Å². The van der Waals surface area contributed by atoms with Crippen molar-refractivity contribution in [1.29, 1.82) is 0 Å². The van der Waals surface area contributed by atoms with Gasteiger partial charge in [-0.25, -0.2) is 0 Å². The first-order chi connectivity index (χ1) is 8.40. The summed E-state index contributed by atoms with van der Waals surface area (Å²) >= 11 is 0. The lowest BCUT2D eigenvalue weighted by atomic mass is 9.97. The van der Waals surface area contributed by atoms with Crippen molar-refractivity contribution < 1.29 is 0 Å². The Morgan fingerprint density at radius 2 is 2.06 bits per heavy atom. The lowest BCUT2D eigenvalue weighted by Crippen LogP contribution is -2.45. The van der Waals surface area contributed by atoms with Crippen LogP contribution < -0.4 is 5.73 Å². The molecule has 1 aromatic rings. The smallest absolute Gasteiger partial charge is 0.0357 e. The van der Waals surface area contributed by atoms with E-state index in [2.05, 4.69) is 29.2 Å². The fourth-order valence-corrected chi connectivity index (χ4v) is 3.57. The minimum Gasteiger partial charge on any atom is -0.329 e. The number of aryl methyl sites for hydroxylation is 1. The first kappa shape index (κ1) is 11.2. The number of hydrogen-bond donors (Lipinski definition) is 1. The summed E-state index contributed by atoms with van der Waals surface area (Å²) in [6.07, 6.45) is 6.52. The van der Waals surface area contributed by atoms with E-state index in [9.17, 15) is 0 Å². The van der Waals surface area contributed by atoms with E-state index in [0.29, 0.717) is 12.1 Å². The minimum absolute atomic E-state index is 0.611. The van der Waals surface area contributed by atoms with Gasteiger partial charge in [-0.05, 0) is 43.4 Å². The molecule has 3 rings (SSSR count). The fourth-order valence-electron chi connectivity index (χ4n) is 3.57. The Kier molecular flexibility index (Phi) is 3.17. The van der Waals surface area contributed by atoms with Crippen LogP contribution in [0.15, 0.2) is 24.3 Å².